The first-order valence-electron chi connectivity index (χ1n) is 20.2. The van der Waals surface area contributed by atoms with Gasteiger partial charge >= 0.3 is 0 Å². The van der Waals surface area contributed by atoms with E-state index in [0.717, 1.165) is 49.4 Å². The van der Waals surface area contributed by atoms with Gasteiger partial charge in [0.1, 0.15) is 11.5 Å². The molecule has 0 spiro atoms. The largest absolute Gasteiger partial charge is 0.494 e. The van der Waals surface area contributed by atoms with Crippen molar-refractivity contribution in [1.82, 2.24) is 0 Å². The second-order valence-corrected chi connectivity index (χ2v) is 17.2. The predicted molar refractivity (Wildman–Crippen MR) is 201 cm³/mol. The first-order valence-corrected chi connectivity index (χ1v) is 20.2. The molecule has 264 valence electrons. The summed E-state index contributed by atoms with van der Waals surface area (Å²) in [6.07, 6.45) is 18.6. The fourth-order valence-electron chi connectivity index (χ4n) is 10.2. The van der Waals surface area contributed by atoms with Crippen molar-refractivity contribution in [2.24, 2.45) is 23.7 Å². The summed E-state index contributed by atoms with van der Waals surface area (Å²) in [5.41, 5.74) is 5.84. The summed E-state index contributed by atoms with van der Waals surface area (Å²) in [6.45, 7) is 14.6. The average molecular weight is 657 g/mol. The van der Waals surface area contributed by atoms with E-state index in [1.165, 1.54) is 142 Å². The number of quaternary nitrogens is 2. The van der Waals surface area contributed by atoms with E-state index in [2.05, 4.69) is 76.5 Å². The molecule has 4 unspecified atom stereocenters. The summed E-state index contributed by atoms with van der Waals surface area (Å²) in [5.74, 6) is 5.04. The molecular weight excluding hydrogens is 588 g/mol. The zero-order chi connectivity index (χ0) is 33.4. The average Bonchev–Trinajstić information content (AvgIpc) is 3.07. The van der Waals surface area contributed by atoms with Gasteiger partial charge in [-0.3, -0.25) is 0 Å². The Hall–Kier alpha value is -2.30. The number of hydrogen-bond donors (Lipinski definition) is 0. The number of rotatable bonds is 14. The maximum atomic E-state index is 6.28. The van der Waals surface area contributed by atoms with Gasteiger partial charge in [0, 0.05) is 0 Å². The Morgan fingerprint density at radius 2 is 1.06 bits per heavy atom. The van der Waals surface area contributed by atoms with Crippen LogP contribution in [0, 0.1) is 23.7 Å². The maximum absolute atomic E-state index is 6.28. The van der Waals surface area contributed by atoms with Gasteiger partial charge in [-0.1, -0.05) is 43.7 Å². The Balaban J connectivity index is 1.10. The lowest BCUT2D eigenvalue weighted by atomic mass is 9.61. The molecule has 0 aromatic heterocycles. The van der Waals surface area contributed by atoms with Gasteiger partial charge in [-0.15, -0.1) is 0 Å². The second kappa shape index (κ2) is 16.6. The van der Waals surface area contributed by atoms with Crippen LogP contribution in [-0.2, 0) is 0 Å². The molecule has 2 heterocycles. The molecule has 2 saturated carbocycles. The van der Waals surface area contributed by atoms with E-state index in [4.69, 9.17) is 9.47 Å². The topological polar surface area (TPSA) is 18.5 Å². The predicted octanol–water partition coefficient (Wildman–Crippen LogP) is 10.2. The lowest BCUT2D eigenvalue weighted by Gasteiger charge is -2.44. The lowest BCUT2D eigenvalue weighted by Crippen LogP contribution is -2.48. The van der Waals surface area contributed by atoms with Gasteiger partial charge in [-0.25, -0.2) is 0 Å². The third-order valence-corrected chi connectivity index (χ3v) is 12.8. The molecule has 0 N–H and O–H groups in total. The van der Waals surface area contributed by atoms with Crippen molar-refractivity contribution in [3.63, 3.8) is 0 Å². The number of hydrogen-bond acceptors (Lipinski definition) is 2. The molecule has 2 aliphatic carbocycles. The van der Waals surface area contributed by atoms with Crippen molar-refractivity contribution in [3.8, 4) is 11.5 Å². The fourth-order valence-corrected chi connectivity index (χ4v) is 10.2. The summed E-state index contributed by atoms with van der Waals surface area (Å²) in [4.78, 5) is 0. The summed E-state index contributed by atoms with van der Waals surface area (Å²) in [5, 5.41) is 0. The molecule has 2 aliphatic heterocycles. The van der Waals surface area contributed by atoms with Gasteiger partial charge in [-0.2, -0.15) is 0 Å². The van der Waals surface area contributed by atoms with Crippen LogP contribution in [0.5, 0.6) is 11.5 Å². The van der Waals surface area contributed by atoms with E-state index < -0.39 is 0 Å². The first kappa shape index (κ1) is 35.5. The Morgan fingerprint density at radius 1 is 0.583 bits per heavy atom. The third-order valence-electron chi connectivity index (χ3n) is 12.8. The third kappa shape index (κ3) is 9.48. The van der Waals surface area contributed by atoms with Crippen LogP contribution in [0.1, 0.15) is 115 Å². The first-order chi connectivity index (χ1) is 23.3. The lowest BCUT2D eigenvalue weighted by molar-refractivity contribution is -0.914. The van der Waals surface area contributed by atoms with Crippen LogP contribution in [0.15, 0.2) is 54.1 Å². The number of likely N-dealkylation sites (tertiary alicyclic amines) is 2. The summed E-state index contributed by atoms with van der Waals surface area (Å²) in [7, 11) is 4.90. The monoisotopic (exact) mass is 657 g/mol. The van der Waals surface area contributed by atoms with E-state index in [-0.39, 0.29) is 0 Å². The van der Waals surface area contributed by atoms with Crippen LogP contribution >= 0.6 is 0 Å². The number of ether oxygens (including phenoxy) is 2. The van der Waals surface area contributed by atoms with Crippen molar-refractivity contribution < 1.29 is 18.4 Å². The number of allylic oxidation sites excluding steroid dienone is 1. The maximum Gasteiger partial charge on any atom is 0.119 e. The SMILES string of the molecule is CC1CC2CC(C)C(=C(c3ccc(OCCCC[N+]4(C)CCCCC4)cc3)c3ccc(OCCCC[N+]4(C)CCCCC4)cc3)C(C1)C2. The molecule has 2 saturated heterocycles. The van der Waals surface area contributed by atoms with Crippen LogP contribution in [-0.4, -0.2) is 75.5 Å². The minimum Gasteiger partial charge on any atom is -0.494 e. The zero-order valence-electron chi connectivity index (χ0n) is 31.2. The van der Waals surface area contributed by atoms with Gasteiger partial charge in [0.2, 0.25) is 0 Å². The number of nitrogens with zero attached hydrogens (tertiary/aromatic N) is 2. The van der Waals surface area contributed by atoms with Gasteiger partial charge in [-0.05, 0) is 155 Å². The van der Waals surface area contributed by atoms with E-state index in [0.29, 0.717) is 11.8 Å². The number of fused-ring (bicyclic) bond motifs is 2. The highest BCUT2D eigenvalue weighted by atomic mass is 16.5. The summed E-state index contributed by atoms with van der Waals surface area (Å²) >= 11 is 0. The van der Waals surface area contributed by atoms with E-state index in [1.807, 2.05) is 0 Å². The minimum atomic E-state index is 0.622. The van der Waals surface area contributed by atoms with Gasteiger partial charge < -0.3 is 18.4 Å². The molecule has 4 fully saturated rings. The molecular formula is C44H68N2O2+2. The Labute approximate surface area is 294 Å². The quantitative estimate of drug-likeness (QED) is 0.149. The molecule has 4 atom stereocenters. The summed E-state index contributed by atoms with van der Waals surface area (Å²) in [6, 6.07) is 18.2. The van der Waals surface area contributed by atoms with Crippen LogP contribution in [0.3, 0.4) is 0 Å². The van der Waals surface area contributed by atoms with E-state index in [9.17, 15) is 0 Å². The number of piperidine rings is 2. The van der Waals surface area contributed by atoms with Crippen molar-refractivity contribution in [1.29, 1.82) is 0 Å². The van der Waals surface area contributed by atoms with Crippen LogP contribution in [0.25, 0.3) is 5.57 Å². The molecule has 0 radical (unpaired) electrons. The smallest absolute Gasteiger partial charge is 0.119 e. The van der Waals surface area contributed by atoms with E-state index >= 15 is 0 Å². The second-order valence-electron chi connectivity index (χ2n) is 17.2. The molecule has 2 bridgehead atoms. The van der Waals surface area contributed by atoms with E-state index in [1.54, 1.807) is 5.57 Å². The Kier molecular flexibility index (Phi) is 12.3. The summed E-state index contributed by atoms with van der Waals surface area (Å²) < 4.78 is 15.1. The van der Waals surface area contributed by atoms with Crippen LogP contribution in [0.2, 0.25) is 0 Å². The van der Waals surface area contributed by atoms with Gasteiger partial charge in [0.25, 0.3) is 0 Å². The highest BCUT2D eigenvalue weighted by Gasteiger charge is 2.38. The highest BCUT2D eigenvalue weighted by Crippen LogP contribution is 2.51. The standard InChI is InChI=1S/C44H68N2O2/c1-35-31-37-33-36(2)43(40(32-35)34-37)44(38-15-19-41(20-16-38)47-29-13-11-27-45(3)23-7-5-8-24-45)39-17-21-42(22-18-39)48-30-14-12-28-46(4)25-9-6-10-26-46/h15-22,35-37,40H,5-14,23-34H2,1-4H3/q+2. The van der Waals surface area contributed by atoms with Crippen LogP contribution in [0.4, 0.5) is 0 Å². The van der Waals surface area contributed by atoms with Crippen molar-refractivity contribution in [3.05, 3.63) is 65.2 Å². The normalized spacial score (nSPS) is 26.5. The molecule has 4 heteroatoms. The molecule has 0 amide bonds. The number of unbranched alkanes of at least 4 members (excludes halogenated alkanes) is 2. The Morgan fingerprint density at radius 3 is 1.54 bits per heavy atom. The van der Waals surface area contributed by atoms with Crippen LogP contribution < -0.4 is 9.47 Å². The number of benzene rings is 2. The van der Waals surface area contributed by atoms with Crippen molar-refractivity contribution in [2.45, 2.75) is 104 Å². The van der Waals surface area contributed by atoms with Gasteiger partial charge in [0.15, 0.2) is 0 Å². The molecule has 2 aromatic carbocycles. The molecule has 4 aliphatic rings. The molecule has 4 nitrogen and oxygen atoms in total. The molecule has 48 heavy (non-hydrogen) atoms. The minimum absolute atomic E-state index is 0.622. The van der Waals surface area contributed by atoms with Crippen molar-refractivity contribution >= 4 is 5.57 Å². The highest BCUT2D eigenvalue weighted by molar-refractivity contribution is 5.83. The van der Waals surface area contributed by atoms with Gasteiger partial charge in [0.05, 0.1) is 66.6 Å². The zero-order valence-corrected chi connectivity index (χ0v) is 31.2. The fraction of sp³-hybridized carbons (Fsp3) is 0.682. The molecule has 6 rings (SSSR count). The molecule has 2 aromatic rings. The Bertz CT molecular complexity index is 1220. The van der Waals surface area contributed by atoms with Crippen molar-refractivity contribution in [2.75, 3.05) is 66.6 Å².